The number of carboxylic acid groups (broad SMARTS) is 4. The van der Waals surface area contributed by atoms with Crippen molar-refractivity contribution >= 4 is 59.2 Å². The molecule has 0 aromatic rings. The van der Waals surface area contributed by atoms with Gasteiger partial charge in [0.1, 0.15) is 30.0 Å². The topological polar surface area (TPSA) is 324 Å². The Morgan fingerprint density at radius 3 is 1.12 bits per heavy atom. The molecule has 0 aliphatic carbocycles. The highest BCUT2D eigenvalue weighted by atomic mass is 16.4. The summed E-state index contributed by atoms with van der Waals surface area (Å²) in [4.78, 5) is 120. The minimum Gasteiger partial charge on any atom is -0.480 e. The Morgan fingerprint density at radius 2 is 0.786 bits per heavy atom. The van der Waals surface area contributed by atoms with Crippen molar-refractivity contribution in [3.8, 4) is 0 Å². The zero-order valence-electron chi connectivity index (χ0n) is 32.5. The summed E-state index contributed by atoms with van der Waals surface area (Å²) in [7, 11) is 1.73. The van der Waals surface area contributed by atoms with Crippen molar-refractivity contribution in [3.63, 3.8) is 0 Å². The molecular weight excluding hydrogens is 740 g/mol. The fraction of sp³-hybridized carbons (Fsp3) is 0.722. The third-order valence-corrected chi connectivity index (χ3v) is 8.66. The number of amides is 5. The summed E-state index contributed by atoms with van der Waals surface area (Å²) in [6.07, 6.45) is 2.54. The van der Waals surface area contributed by atoms with Gasteiger partial charge in [0.25, 0.3) is 0 Å². The van der Waals surface area contributed by atoms with Gasteiger partial charge in [-0.15, -0.1) is 0 Å². The highest BCUT2D eigenvalue weighted by Gasteiger charge is 2.27. The minimum atomic E-state index is -1.61. The van der Waals surface area contributed by atoms with Gasteiger partial charge in [-0.25, -0.2) is 19.2 Å². The summed E-state index contributed by atoms with van der Waals surface area (Å²) in [5.74, 6) is -9.30. The van der Waals surface area contributed by atoms with Gasteiger partial charge in [-0.1, -0.05) is 26.7 Å². The number of likely N-dealkylation sites (N-methyl/N-ethyl adjacent to an activating group) is 1. The Morgan fingerprint density at radius 1 is 0.411 bits per heavy atom. The van der Waals surface area contributed by atoms with Crippen molar-refractivity contribution in [2.45, 2.75) is 153 Å². The monoisotopic (exact) mass is 800 g/mol. The lowest BCUT2D eigenvalue weighted by molar-refractivity contribution is -0.144. The molecule has 20 nitrogen and oxygen atoms in total. The Labute approximate surface area is 326 Å². The summed E-state index contributed by atoms with van der Waals surface area (Å²) >= 11 is 0. The lowest BCUT2D eigenvalue weighted by atomic mass is 10.0. The molecule has 0 aromatic heterocycles. The fourth-order valence-electron chi connectivity index (χ4n) is 5.40. The van der Waals surface area contributed by atoms with E-state index in [1.54, 1.807) is 14.0 Å². The Bertz CT molecular complexity index is 1340. The first-order valence-electron chi connectivity index (χ1n) is 19.0. The van der Waals surface area contributed by atoms with Crippen molar-refractivity contribution in [2.24, 2.45) is 0 Å². The molecule has 0 fully saturated rings. The molecule has 0 heterocycles. The second kappa shape index (κ2) is 29.2. The molecule has 0 saturated heterocycles. The number of unbranched alkanes of at least 4 members (excludes halogenated alkanes) is 3. The van der Waals surface area contributed by atoms with Crippen LogP contribution in [0.4, 0.5) is 0 Å². The molecule has 5 unspecified atom stereocenters. The molecule has 0 radical (unpaired) electrons. The average molecular weight is 801 g/mol. The molecule has 0 aromatic carbocycles. The smallest absolute Gasteiger partial charge is 0.326 e. The average Bonchev–Trinajstić information content (AvgIpc) is 3.12. The molecule has 318 valence electrons. The molecule has 0 saturated carbocycles. The standard InChI is InChI=1S/C36H60N6O14/c1-4-6-7-12-27(43)22(37-3)11-8-9-21-38-28(44)17-13-23(33(49)50)40-30(46)19-15-25(35(53)54)42-32(48)20-16-26(36(55)56)41-31(47)18-14-24(34(51)52)39-29(45)10-5-2/h22-26,37H,4-21H2,1-3H3,(H,38,44)(H,39,45)(H,40,46)(H,41,47)(H,42,48)(H,49,50)(H,51,52)(H,53,54)(H,55,56). The van der Waals surface area contributed by atoms with Crippen LogP contribution in [0.3, 0.4) is 0 Å². The Kier molecular flexibility index (Phi) is 26.5. The van der Waals surface area contributed by atoms with Gasteiger partial charge in [-0.05, 0) is 64.8 Å². The molecule has 0 rings (SSSR count). The van der Waals surface area contributed by atoms with Crippen molar-refractivity contribution < 1.29 is 68.4 Å². The van der Waals surface area contributed by atoms with Crippen LogP contribution >= 0.6 is 0 Å². The number of rotatable bonds is 33. The first-order chi connectivity index (χ1) is 26.4. The third-order valence-electron chi connectivity index (χ3n) is 8.66. The number of carboxylic acids is 4. The molecule has 0 spiro atoms. The maximum atomic E-state index is 12.5. The van der Waals surface area contributed by atoms with Crippen LogP contribution < -0.4 is 31.9 Å². The van der Waals surface area contributed by atoms with Gasteiger partial charge in [0.05, 0.1) is 6.04 Å². The van der Waals surface area contributed by atoms with E-state index >= 15 is 0 Å². The van der Waals surface area contributed by atoms with Crippen LogP contribution in [0.15, 0.2) is 0 Å². The SMILES string of the molecule is CCCCCC(=O)C(CCCCNC(=O)CCC(NC(=O)CCC(NC(=O)CCC(NC(=O)CCC(NC(=O)CCC)C(=O)O)C(=O)O)C(=O)O)C(=O)O)NC. The third kappa shape index (κ3) is 23.6. The number of aliphatic carboxylic acids is 4. The van der Waals surface area contributed by atoms with Crippen LogP contribution in [0.2, 0.25) is 0 Å². The first-order valence-corrected chi connectivity index (χ1v) is 19.0. The maximum absolute atomic E-state index is 12.5. The van der Waals surface area contributed by atoms with Crippen LogP contribution in [0, 0.1) is 0 Å². The van der Waals surface area contributed by atoms with E-state index in [1.807, 2.05) is 0 Å². The summed E-state index contributed by atoms with van der Waals surface area (Å²) in [6, 6.07) is -6.30. The van der Waals surface area contributed by atoms with Gasteiger partial charge in [0.15, 0.2) is 0 Å². The van der Waals surface area contributed by atoms with Gasteiger partial charge in [-0.2, -0.15) is 0 Å². The quantitative estimate of drug-likeness (QED) is 0.0397. The van der Waals surface area contributed by atoms with Crippen LogP contribution in [0.1, 0.15) is 123 Å². The van der Waals surface area contributed by atoms with E-state index in [0.29, 0.717) is 38.6 Å². The number of carbonyl (C=O) groups is 10. The van der Waals surface area contributed by atoms with E-state index in [0.717, 1.165) is 19.3 Å². The fourth-order valence-corrected chi connectivity index (χ4v) is 5.40. The number of hydrogen-bond acceptors (Lipinski definition) is 11. The van der Waals surface area contributed by atoms with Crippen molar-refractivity contribution in [3.05, 3.63) is 0 Å². The van der Waals surface area contributed by atoms with E-state index in [1.165, 1.54) is 0 Å². The van der Waals surface area contributed by atoms with E-state index in [2.05, 4.69) is 38.8 Å². The van der Waals surface area contributed by atoms with Gasteiger partial charge >= 0.3 is 23.9 Å². The maximum Gasteiger partial charge on any atom is 0.326 e. The largest absolute Gasteiger partial charge is 0.480 e. The van der Waals surface area contributed by atoms with Gasteiger partial charge in [-0.3, -0.25) is 28.8 Å². The van der Waals surface area contributed by atoms with Crippen molar-refractivity contribution in [1.82, 2.24) is 31.9 Å². The Balaban J connectivity index is 4.79. The summed E-state index contributed by atoms with van der Waals surface area (Å²) in [6.45, 7) is 4.09. The van der Waals surface area contributed by atoms with E-state index < -0.39 is 110 Å². The molecule has 0 bridgehead atoms. The molecule has 0 aliphatic heterocycles. The normalized spacial score (nSPS) is 13.5. The van der Waals surface area contributed by atoms with Gasteiger partial charge < -0.3 is 52.3 Å². The number of hydrogen-bond donors (Lipinski definition) is 10. The summed E-state index contributed by atoms with van der Waals surface area (Å²) in [5, 5.41) is 52.4. The number of ketones is 1. The predicted octanol–water partition coefficient (Wildman–Crippen LogP) is 0.209. The molecule has 5 atom stereocenters. The lowest BCUT2D eigenvalue weighted by Gasteiger charge is -2.18. The zero-order valence-corrected chi connectivity index (χ0v) is 32.5. The van der Waals surface area contributed by atoms with Crippen molar-refractivity contribution in [1.29, 1.82) is 0 Å². The number of nitrogens with one attached hydrogen (secondary N) is 6. The van der Waals surface area contributed by atoms with E-state index in [4.69, 9.17) is 0 Å². The zero-order chi connectivity index (χ0) is 42.6. The summed E-state index contributed by atoms with van der Waals surface area (Å²) in [5.41, 5.74) is 0. The second-order valence-electron chi connectivity index (χ2n) is 13.3. The van der Waals surface area contributed by atoms with E-state index in [9.17, 15) is 68.4 Å². The Hall–Kier alpha value is -5.14. The summed E-state index contributed by atoms with van der Waals surface area (Å²) < 4.78 is 0. The van der Waals surface area contributed by atoms with E-state index in [-0.39, 0.29) is 37.5 Å². The first kappa shape index (κ1) is 50.9. The van der Waals surface area contributed by atoms with Gasteiger partial charge in [0.2, 0.25) is 29.5 Å². The highest BCUT2D eigenvalue weighted by Crippen LogP contribution is 2.09. The van der Waals surface area contributed by atoms with Crippen LogP contribution in [0.5, 0.6) is 0 Å². The van der Waals surface area contributed by atoms with Crippen LogP contribution in [-0.4, -0.2) is 123 Å². The molecule has 0 aliphatic rings. The number of carbonyl (C=O) groups excluding carboxylic acids is 6. The lowest BCUT2D eigenvalue weighted by Crippen LogP contribution is -2.45. The second-order valence-corrected chi connectivity index (χ2v) is 13.3. The minimum absolute atomic E-state index is 0.0766. The van der Waals surface area contributed by atoms with Crippen LogP contribution in [0.25, 0.3) is 0 Å². The van der Waals surface area contributed by atoms with Crippen molar-refractivity contribution in [2.75, 3.05) is 13.6 Å². The van der Waals surface area contributed by atoms with Crippen LogP contribution in [-0.2, 0) is 47.9 Å². The molecular formula is C36H60N6O14. The molecule has 56 heavy (non-hydrogen) atoms. The molecule has 20 heteroatoms. The number of Topliss-reactive ketones (excluding diaryl/α,β-unsaturated/α-hetero) is 1. The predicted molar refractivity (Wildman–Crippen MR) is 199 cm³/mol. The molecule has 5 amide bonds. The van der Waals surface area contributed by atoms with Gasteiger partial charge in [0, 0.05) is 45.1 Å². The highest BCUT2D eigenvalue weighted by molar-refractivity contribution is 5.88. The molecule has 10 N–H and O–H groups in total.